The molecule has 2 heteroatoms. The fraction of sp³-hybridized carbons (Fsp3) is 0.294. The average molecular weight is 255 g/mol. The Bertz CT molecular complexity index is 519. The SMILES string of the molecule is COCc1ccccc1NC(C)c1ccc(C)cc1. The highest BCUT2D eigenvalue weighted by molar-refractivity contribution is 5.52. The van der Waals surface area contributed by atoms with Gasteiger partial charge in [-0.05, 0) is 25.5 Å². The molecule has 0 bridgehead atoms. The highest BCUT2D eigenvalue weighted by Gasteiger charge is 2.07. The number of methoxy groups -OCH3 is 1. The van der Waals surface area contributed by atoms with E-state index in [1.807, 2.05) is 12.1 Å². The van der Waals surface area contributed by atoms with E-state index in [2.05, 4.69) is 55.6 Å². The van der Waals surface area contributed by atoms with E-state index in [1.165, 1.54) is 16.7 Å². The van der Waals surface area contributed by atoms with E-state index >= 15 is 0 Å². The van der Waals surface area contributed by atoms with E-state index in [9.17, 15) is 0 Å². The maximum absolute atomic E-state index is 5.23. The van der Waals surface area contributed by atoms with E-state index in [0.717, 1.165) is 5.69 Å². The summed E-state index contributed by atoms with van der Waals surface area (Å²) in [6.45, 7) is 4.91. The third-order valence-electron chi connectivity index (χ3n) is 3.27. The second-order valence-electron chi connectivity index (χ2n) is 4.87. The molecule has 1 unspecified atom stereocenters. The minimum atomic E-state index is 0.276. The molecule has 0 spiro atoms. The van der Waals surface area contributed by atoms with Crippen molar-refractivity contribution in [1.82, 2.24) is 0 Å². The van der Waals surface area contributed by atoms with Gasteiger partial charge in [0.05, 0.1) is 6.61 Å². The minimum Gasteiger partial charge on any atom is -0.380 e. The molecule has 1 atom stereocenters. The molecule has 0 aliphatic rings. The lowest BCUT2D eigenvalue weighted by molar-refractivity contribution is 0.185. The van der Waals surface area contributed by atoms with Gasteiger partial charge in [-0.25, -0.2) is 0 Å². The molecule has 2 aromatic carbocycles. The summed E-state index contributed by atoms with van der Waals surface area (Å²) < 4.78 is 5.23. The van der Waals surface area contributed by atoms with E-state index in [4.69, 9.17) is 4.74 Å². The zero-order chi connectivity index (χ0) is 13.7. The molecular formula is C17H21NO. The molecule has 2 nitrogen and oxygen atoms in total. The molecular weight excluding hydrogens is 234 g/mol. The Morgan fingerprint density at radius 1 is 1.05 bits per heavy atom. The fourth-order valence-corrected chi connectivity index (χ4v) is 2.11. The molecule has 0 fully saturated rings. The van der Waals surface area contributed by atoms with Gasteiger partial charge in [-0.3, -0.25) is 0 Å². The van der Waals surface area contributed by atoms with Gasteiger partial charge in [-0.1, -0.05) is 48.0 Å². The van der Waals surface area contributed by atoms with Crippen molar-refractivity contribution in [2.45, 2.75) is 26.5 Å². The zero-order valence-electron chi connectivity index (χ0n) is 11.8. The monoisotopic (exact) mass is 255 g/mol. The lowest BCUT2D eigenvalue weighted by Gasteiger charge is -2.18. The van der Waals surface area contributed by atoms with E-state index < -0.39 is 0 Å². The first kappa shape index (κ1) is 13.6. The third-order valence-corrected chi connectivity index (χ3v) is 3.27. The highest BCUT2D eigenvalue weighted by Crippen LogP contribution is 2.23. The number of nitrogens with one attached hydrogen (secondary N) is 1. The van der Waals surface area contributed by atoms with Crippen LogP contribution in [0.15, 0.2) is 48.5 Å². The summed E-state index contributed by atoms with van der Waals surface area (Å²) in [6.07, 6.45) is 0. The molecule has 0 radical (unpaired) electrons. The first-order valence-corrected chi connectivity index (χ1v) is 6.60. The van der Waals surface area contributed by atoms with Crippen molar-refractivity contribution in [3.05, 3.63) is 65.2 Å². The Morgan fingerprint density at radius 3 is 2.42 bits per heavy atom. The van der Waals surface area contributed by atoms with Gasteiger partial charge >= 0.3 is 0 Å². The van der Waals surface area contributed by atoms with Crippen LogP contribution in [-0.4, -0.2) is 7.11 Å². The number of benzene rings is 2. The van der Waals surface area contributed by atoms with Crippen LogP contribution in [0.25, 0.3) is 0 Å². The van der Waals surface area contributed by atoms with Crippen LogP contribution in [0.3, 0.4) is 0 Å². The van der Waals surface area contributed by atoms with Crippen LogP contribution < -0.4 is 5.32 Å². The topological polar surface area (TPSA) is 21.3 Å². The van der Waals surface area contributed by atoms with Crippen molar-refractivity contribution in [2.24, 2.45) is 0 Å². The minimum absolute atomic E-state index is 0.276. The van der Waals surface area contributed by atoms with E-state index in [1.54, 1.807) is 7.11 Å². The van der Waals surface area contributed by atoms with E-state index in [-0.39, 0.29) is 6.04 Å². The number of para-hydroxylation sites is 1. The highest BCUT2D eigenvalue weighted by atomic mass is 16.5. The Balaban J connectivity index is 2.14. The largest absolute Gasteiger partial charge is 0.380 e. The van der Waals surface area contributed by atoms with Gasteiger partial charge in [0.25, 0.3) is 0 Å². The Morgan fingerprint density at radius 2 is 1.74 bits per heavy atom. The Kier molecular flexibility index (Phi) is 4.58. The number of hydrogen-bond donors (Lipinski definition) is 1. The van der Waals surface area contributed by atoms with Gasteiger partial charge in [-0.2, -0.15) is 0 Å². The van der Waals surface area contributed by atoms with Crippen molar-refractivity contribution in [3.8, 4) is 0 Å². The summed E-state index contributed by atoms with van der Waals surface area (Å²) >= 11 is 0. The quantitative estimate of drug-likeness (QED) is 0.859. The van der Waals surface area contributed by atoms with Crippen molar-refractivity contribution >= 4 is 5.69 Å². The van der Waals surface area contributed by atoms with E-state index in [0.29, 0.717) is 6.61 Å². The van der Waals surface area contributed by atoms with Gasteiger partial charge in [0.1, 0.15) is 0 Å². The van der Waals surface area contributed by atoms with Crippen LogP contribution >= 0.6 is 0 Å². The number of aryl methyl sites for hydroxylation is 1. The van der Waals surface area contributed by atoms with Crippen molar-refractivity contribution in [3.63, 3.8) is 0 Å². The average Bonchev–Trinajstić information content (AvgIpc) is 2.42. The standard InChI is InChI=1S/C17H21NO/c1-13-8-10-15(11-9-13)14(2)18-17-7-5-4-6-16(17)12-19-3/h4-11,14,18H,12H2,1-3H3. The summed E-state index contributed by atoms with van der Waals surface area (Å²) in [5.74, 6) is 0. The maximum Gasteiger partial charge on any atom is 0.0733 e. The van der Waals surface area contributed by atoms with Crippen LogP contribution in [-0.2, 0) is 11.3 Å². The normalized spacial score (nSPS) is 12.2. The van der Waals surface area contributed by atoms with Gasteiger partial charge in [0.2, 0.25) is 0 Å². The first-order chi connectivity index (χ1) is 9.20. The van der Waals surface area contributed by atoms with Crippen LogP contribution in [0.5, 0.6) is 0 Å². The predicted octanol–water partition coefficient (Wildman–Crippen LogP) is 4.31. The van der Waals surface area contributed by atoms with Crippen molar-refractivity contribution in [2.75, 3.05) is 12.4 Å². The molecule has 0 aromatic heterocycles. The van der Waals surface area contributed by atoms with Gasteiger partial charge in [0.15, 0.2) is 0 Å². The zero-order valence-corrected chi connectivity index (χ0v) is 11.8. The summed E-state index contributed by atoms with van der Waals surface area (Å²) in [5, 5.41) is 3.55. The van der Waals surface area contributed by atoms with Crippen LogP contribution in [0.2, 0.25) is 0 Å². The molecule has 2 rings (SSSR count). The predicted molar refractivity (Wildman–Crippen MR) is 80.4 cm³/mol. The lowest BCUT2D eigenvalue weighted by atomic mass is 10.1. The summed E-state index contributed by atoms with van der Waals surface area (Å²) in [7, 11) is 1.72. The maximum atomic E-state index is 5.23. The molecule has 0 saturated heterocycles. The molecule has 0 heterocycles. The second kappa shape index (κ2) is 6.39. The smallest absolute Gasteiger partial charge is 0.0733 e. The summed E-state index contributed by atoms with van der Waals surface area (Å²) in [4.78, 5) is 0. The molecule has 100 valence electrons. The Hall–Kier alpha value is -1.80. The Labute approximate surface area is 115 Å². The number of rotatable bonds is 5. The number of hydrogen-bond acceptors (Lipinski definition) is 2. The second-order valence-corrected chi connectivity index (χ2v) is 4.87. The van der Waals surface area contributed by atoms with Crippen LogP contribution in [0.1, 0.15) is 29.7 Å². The lowest BCUT2D eigenvalue weighted by Crippen LogP contribution is -2.08. The molecule has 0 amide bonds. The number of ether oxygens (including phenoxy) is 1. The summed E-state index contributed by atoms with van der Waals surface area (Å²) in [5.41, 5.74) is 4.90. The van der Waals surface area contributed by atoms with Crippen LogP contribution in [0, 0.1) is 6.92 Å². The van der Waals surface area contributed by atoms with Crippen LogP contribution in [0.4, 0.5) is 5.69 Å². The third kappa shape index (κ3) is 3.58. The molecule has 19 heavy (non-hydrogen) atoms. The van der Waals surface area contributed by atoms with Gasteiger partial charge in [0, 0.05) is 24.4 Å². The summed E-state index contributed by atoms with van der Waals surface area (Å²) in [6, 6.07) is 17.2. The number of anilines is 1. The molecule has 0 aliphatic heterocycles. The van der Waals surface area contributed by atoms with Crippen molar-refractivity contribution < 1.29 is 4.74 Å². The molecule has 2 aromatic rings. The van der Waals surface area contributed by atoms with Gasteiger partial charge < -0.3 is 10.1 Å². The fourth-order valence-electron chi connectivity index (χ4n) is 2.11. The first-order valence-electron chi connectivity index (χ1n) is 6.60. The molecule has 0 aliphatic carbocycles. The molecule has 1 N–H and O–H groups in total. The molecule has 0 saturated carbocycles. The van der Waals surface area contributed by atoms with Crippen molar-refractivity contribution in [1.29, 1.82) is 0 Å². The van der Waals surface area contributed by atoms with Gasteiger partial charge in [-0.15, -0.1) is 0 Å².